The fourth-order valence-corrected chi connectivity index (χ4v) is 2.51. The summed E-state index contributed by atoms with van der Waals surface area (Å²) in [6.45, 7) is 5.21. The lowest BCUT2D eigenvalue weighted by Gasteiger charge is -2.07. The van der Waals surface area contributed by atoms with Crippen molar-refractivity contribution in [2.75, 3.05) is 13.2 Å². The molecule has 1 aromatic heterocycles. The van der Waals surface area contributed by atoms with E-state index in [0.29, 0.717) is 30.1 Å². The van der Waals surface area contributed by atoms with Gasteiger partial charge in [0.1, 0.15) is 11.1 Å². The number of carbonyl (C=O) groups is 1. The van der Waals surface area contributed by atoms with E-state index in [1.807, 2.05) is 30.3 Å². The van der Waals surface area contributed by atoms with Gasteiger partial charge in [0, 0.05) is 11.6 Å². The van der Waals surface area contributed by atoms with Gasteiger partial charge in [-0.05, 0) is 12.8 Å². The highest BCUT2D eigenvalue weighted by molar-refractivity contribution is 5.70. The molecule has 1 aromatic carbocycles. The molecule has 6 nitrogen and oxygen atoms in total. The molecule has 0 bridgehead atoms. The summed E-state index contributed by atoms with van der Waals surface area (Å²) in [6.07, 6.45) is 5.58. The second-order valence-corrected chi connectivity index (χ2v) is 6.32. The third-order valence-electron chi connectivity index (χ3n) is 4.03. The van der Waals surface area contributed by atoms with Gasteiger partial charge in [-0.1, -0.05) is 69.9 Å². The quantitative estimate of drug-likeness (QED) is 0.604. The van der Waals surface area contributed by atoms with Crippen molar-refractivity contribution >= 4 is 6.09 Å². The minimum atomic E-state index is -0.601. The second kappa shape index (κ2) is 11.9. The number of aromatic amines is 1. The highest BCUT2D eigenvalue weighted by Gasteiger charge is 2.08. The Morgan fingerprint density at radius 2 is 1.81 bits per heavy atom. The summed E-state index contributed by atoms with van der Waals surface area (Å²) in [5.74, 6) is 0.484. The molecule has 1 heterocycles. The molecule has 0 atom stereocenters. The molecule has 0 saturated heterocycles. The van der Waals surface area contributed by atoms with E-state index in [0.717, 1.165) is 44.1 Å². The summed E-state index contributed by atoms with van der Waals surface area (Å²) in [7, 11) is 0. The first kappa shape index (κ1) is 20.7. The molecular weight excluding hydrogens is 342 g/mol. The van der Waals surface area contributed by atoms with Gasteiger partial charge >= 0.3 is 6.09 Å². The van der Waals surface area contributed by atoms with Crippen molar-refractivity contribution in [3.05, 3.63) is 41.8 Å². The normalized spacial score (nSPS) is 11.4. The summed E-state index contributed by atoms with van der Waals surface area (Å²) in [5, 5.41) is 7.68. The Kier molecular flexibility index (Phi) is 9.10. The lowest BCUT2D eigenvalue weighted by atomic mass is 10.1. The number of hydrogen-bond donors (Lipinski definition) is 1. The maximum atomic E-state index is 12.1. The number of carbonyl (C=O) groups excluding carboxylic acids is 1. The van der Waals surface area contributed by atoms with Crippen LogP contribution >= 0.6 is 0 Å². The zero-order valence-electron chi connectivity index (χ0n) is 16.2. The summed E-state index contributed by atoms with van der Waals surface area (Å²) < 4.78 is 10.9. The minimum Gasteiger partial charge on any atom is -0.478 e. The Morgan fingerprint density at radius 1 is 1.04 bits per heavy atom. The van der Waals surface area contributed by atoms with Crippen molar-refractivity contribution < 1.29 is 14.3 Å². The standard InChI is InChI=1S/C21H29N3O3/c1-3-5-7-11-15-27-21(25)22-18-16-19(26-14-6-4-2)23-24-20(18)17-12-9-8-10-13-17/h8-10,12-13,16H,3-7,11,14-15H2,1-2H3,(H,22,23,25). The van der Waals surface area contributed by atoms with Crippen LogP contribution in [0.5, 0.6) is 5.88 Å². The zero-order valence-corrected chi connectivity index (χ0v) is 16.2. The molecule has 6 heteroatoms. The van der Waals surface area contributed by atoms with Crippen LogP contribution in [0.4, 0.5) is 4.79 Å². The van der Waals surface area contributed by atoms with Crippen molar-refractivity contribution in [3.63, 3.8) is 0 Å². The summed E-state index contributed by atoms with van der Waals surface area (Å²) >= 11 is 0. The Labute approximate surface area is 160 Å². The van der Waals surface area contributed by atoms with E-state index in [1.54, 1.807) is 6.07 Å². The largest absolute Gasteiger partial charge is 0.478 e. The number of rotatable bonds is 10. The molecule has 0 radical (unpaired) electrons. The molecule has 0 spiro atoms. The third-order valence-corrected chi connectivity index (χ3v) is 4.03. The SMILES string of the molecule is CCCCCCOC(=O)N=c1cc(OCCCC)[nH]nc1-c1ccccc1. The molecule has 2 aromatic rings. The molecule has 1 N–H and O–H groups in total. The smallest absolute Gasteiger partial charge is 0.434 e. The predicted molar refractivity (Wildman–Crippen MR) is 105 cm³/mol. The van der Waals surface area contributed by atoms with Gasteiger partial charge in [0.25, 0.3) is 0 Å². The van der Waals surface area contributed by atoms with Crippen LogP contribution in [0.2, 0.25) is 0 Å². The first-order valence-electron chi connectivity index (χ1n) is 9.74. The Hall–Kier alpha value is -2.63. The van der Waals surface area contributed by atoms with Gasteiger partial charge in [-0.15, -0.1) is 0 Å². The van der Waals surface area contributed by atoms with E-state index in [9.17, 15) is 4.79 Å². The number of nitrogens with one attached hydrogen (secondary N) is 1. The van der Waals surface area contributed by atoms with Crippen LogP contribution in [0.25, 0.3) is 11.3 Å². The number of H-pyrrole nitrogens is 1. The van der Waals surface area contributed by atoms with Gasteiger partial charge in [-0.3, -0.25) is 0 Å². The Bertz CT molecular complexity index is 757. The zero-order chi connectivity index (χ0) is 19.3. The van der Waals surface area contributed by atoms with Crippen LogP contribution in [0.3, 0.4) is 0 Å². The molecule has 0 saturated carbocycles. The van der Waals surface area contributed by atoms with Gasteiger partial charge in [0.15, 0.2) is 0 Å². The number of ether oxygens (including phenoxy) is 2. The summed E-state index contributed by atoms with van der Waals surface area (Å²) in [4.78, 5) is 16.3. The van der Waals surface area contributed by atoms with Gasteiger partial charge in [0.05, 0.1) is 13.2 Å². The van der Waals surface area contributed by atoms with E-state index in [4.69, 9.17) is 9.47 Å². The van der Waals surface area contributed by atoms with Crippen molar-refractivity contribution in [2.24, 2.45) is 4.99 Å². The van der Waals surface area contributed by atoms with E-state index in [-0.39, 0.29) is 0 Å². The number of unbranched alkanes of at least 4 members (excludes halogenated alkanes) is 4. The monoisotopic (exact) mass is 371 g/mol. The number of aromatic nitrogens is 2. The van der Waals surface area contributed by atoms with Crippen LogP contribution in [0, 0.1) is 0 Å². The Balaban J connectivity index is 2.18. The summed E-state index contributed by atoms with van der Waals surface area (Å²) in [6, 6.07) is 11.3. The molecule has 1 amide bonds. The van der Waals surface area contributed by atoms with Crippen molar-refractivity contribution in [1.82, 2.24) is 10.2 Å². The molecule has 0 aliphatic heterocycles. The average molecular weight is 371 g/mol. The predicted octanol–water partition coefficient (Wildman–Crippen LogP) is 4.87. The molecular formula is C21H29N3O3. The van der Waals surface area contributed by atoms with Crippen LogP contribution in [0.15, 0.2) is 41.4 Å². The highest BCUT2D eigenvalue weighted by Crippen LogP contribution is 2.13. The maximum Gasteiger partial charge on any atom is 0.434 e. The fourth-order valence-electron chi connectivity index (χ4n) is 2.51. The van der Waals surface area contributed by atoms with E-state index >= 15 is 0 Å². The first-order chi connectivity index (χ1) is 13.2. The fraction of sp³-hybridized carbons (Fsp3) is 0.476. The van der Waals surface area contributed by atoms with Crippen molar-refractivity contribution in [2.45, 2.75) is 52.4 Å². The molecule has 0 unspecified atom stereocenters. The third kappa shape index (κ3) is 7.25. The molecule has 146 valence electrons. The number of hydrogen-bond acceptors (Lipinski definition) is 4. The van der Waals surface area contributed by atoms with Gasteiger partial charge in [0.2, 0.25) is 5.88 Å². The minimum absolute atomic E-state index is 0.384. The van der Waals surface area contributed by atoms with Gasteiger partial charge in [-0.25, -0.2) is 9.89 Å². The number of nitrogens with zero attached hydrogens (tertiary/aromatic N) is 2. The van der Waals surface area contributed by atoms with E-state index in [1.165, 1.54) is 0 Å². The molecule has 0 aliphatic carbocycles. The average Bonchev–Trinajstić information content (AvgIpc) is 2.69. The molecule has 0 aliphatic rings. The lowest BCUT2D eigenvalue weighted by molar-refractivity contribution is 0.154. The van der Waals surface area contributed by atoms with Gasteiger partial charge < -0.3 is 9.47 Å². The Morgan fingerprint density at radius 3 is 2.56 bits per heavy atom. The lowest BCUT2D eigenvalue weighted by Crippen LogP contribution is -2.15. The number of benzene rings is 1. The molecule has 27 heavy (non-hydrogen) atoms. The summed E-state index contributed by atoms with van der Waals surface area (Å²) in [5.41, 5.74) is 1.45. The second-order valence-electron chi connectivity index (χ2n) is 6.32. The topological polar surface area (TPSA) is 76.6 Å². The van der Waals surface area contributed by atoms with Crippen molar-refractivity contribution in [3.8, 4) is 17.1 Å². The first-order valence-corrected chi connectivity index (χ1v) is 9.74. The van der Waals surface area contributed by atoms with Crippen LogP contribution in [-0.4, -0.2) is 29.5 Å². The van der Waals surface area contributed by atoms with E-state index < -0.39 is 6.09 Å². The highest BCUT2D eigenvalue weighted by atomic mass is 16.5. The van der Waals surface area contributed by atoms with Crippen LogP contribution in [-0.2, 0) is 4.74 Å². The van der Waals surface area contributed by atoms with Gasteiger partial charge in [-0.2, -0.15) is 10.1 Å². The molecule has 2 rings (SSSR count). The van der Waals surface area contributed by atoms with E-state index in [2.05, 4.69) is 29.0 Å². The maximum absolute atomic E-state index is 12.1. The molecule has 0 fully saturated rings. The number of amides is 1. The van der Waals surface area contributed by atoms with Crippen LogP contribution in [0.1, 0.15) is 52.4 Å². The van der Waals surface area contributed by atoms with Crippen molar-refractivity contribution in [1.29, 1.82) is 0 Å². The van der Waals surface area contributed by atoms with Crippen LogP contribution < -0.4 is 10.1 Å².